The van der Waals surface area contributed by atoms with Gasteiger partial charge in [0.2, 0.25) is 0 Å². The van der Waals surface area contributed by atoms with E-state index >= 15 is 0 Å². The van der Waals surface area contributed by atoms with Crippen LogP contribution in [0.4, 0.5) is 0 Å². The first-order valence-corrected chi connectivity index (χ1v) is 8.89. The van der Waals surface area contributed by atoms with Crippen LogP contribution in [-0.2, 0) is 16.1 Å². The lowest BCUT2D eigenvalue weighted by Crippen LogP contribution is -2.45. The van der Waals surface area contributed by atoms with Gasteiger partial charge in [-0.1, -0.05) is 15.9 Å². The number of hydrogen-bond acceptors (Lipinski definition) is 5. The van der Waals surface area contributed by atoms with Gasteiger partial charge in [-0.25, -0.2) is 0 Å². The minimum absolute atomic E-state index is 0.00423. The molecule has 1 aliphatic carbocycles. The Morgan fingerprint density at radius 3 is 2.21 bits per heavy atom. The zero-order chi connectivity index (χ0) is 17.9. The van der Waals surface area contributed by atoms with Crippen molar-refractivity contribution in [3.63, 3.8) is 0 Å². The minimum atomic E-state index is -0.423. The number of methoxy groups -OCH3 is 2. The molecule has 0 bridgehead atoms. The Bertz CT molecular complexity index is 566. The molecule has 0 radical (unpaired) electrons. The van der Waals surface area contributed by atoms with Crippen molar-refractivity contribution >= 4 is 21.9 Å². The molecule has 1 fully saturated rings. The van der Waals surface area contributed by atoms with Gasteiger partial charge in [0.25, 0.3) is 0 Å². The van der Waals surface area contributed by atoms with Crippen LogP contribution >= 0.6 is 15.9 Å². The van der Waals surface area contributed by atoms with Crippen molar-refractivity contribution in [3.05, 3.63) is 22.2 Å². The highest BCUT2D eigenvalue weighted by Crippen LogP contribution is 2.34. The number of halogens is 1. The summed E-state index contributed by atoms with van der Waals surface area (Å²) < 4.78 is 17.2. The van der Waals surface area contributed by atoms with Gasteiger partial charge in [-0.3, -0.25) is 4.79 Å². The summed E-state index contributed by atoms with van der Waals surface area (Å²) in [6, 6.07) is 4.15. The summed E-state index contributed by atoms with van der Waals surface area (Å²) in [6.07, 6.45) is 1.60. The molecule has 0 heterocycles. The van der Waals surface area contributed by atoms with Crippen LogP contribution in [0.1, 0.15) is 39.2 Å². The summed E-state index contributed by atoms with van der Waals surface area (Å²) in [5.41, 5.74) is 0.553. The summed E-state index contributed by atoms with van der Waals surface area (Å²) in [5, 5.41) is 3.47. The smallest absolute Gasteiger partial charge is 0.309 e. The van der Waals surface area contributed by atoms with Gasteiger partial charge >= 0.3 is 5.97 Å². The summed E-state index contributed by atoms with van der Waals surface area (Å²) in [4.78, 5) is 12.0. The van der Waals surface area contributed by atoms with Crippen LogP contribution in [0.3, 0.4) is 0 Å². The molecule has 1 saturated carbocycles. The van der Waals surface area contributed by atoms with Crippen molar-refractivity contribution in [1.82, 2.24) is 5.32 Å². The second-order valence-corrected chi connectivity index (χ2v) is 7.98. The first-order chi connectivity index (χ1) is 11.2. The summed E-state index contributed by atoms with van der Waals surface area (Å²) in [7, 11) is 3.29. The van der Waals surface area contributed by atoms with Crippen LogP contribution in [0.15, 0.2) is 16.6 Å². The number of ether oxygens (including phenoxy) is 3. The molecule has 1 aliphatic rings. The third-order valence-electron chi connectivity index (χ3n) is 4.02. The van der Waals surface area contributed by atoms with Crippen LogP contribution in [0, 0.1) is 5.92 Å². The molecule has 5 nitrogen and oxygen atoms in total. The second-order valence-electron chi connectivity index (χ2n) is 7.07. The van der Waals surface area contributed by atoms with E-state index in [-0.39, 0.29) is 11.9 Å². The first-order valence-electron chi connectivity index (χ1n) is 8.10. The van der Waals surface area contributed by atoms with Gasteiger partial charge in [0.15, 0.2) is 0 Å². The van der Waals surface area contributed by atoms with Crippen LogP contribution in [0.5, 0.6) is 11.5 Å². The fourth-order valence-corrected chi connectivity index (χ4v) is 3.15. The SMILES string of the molecule is COc1cc(Br)cc(OC)c1CNC1CC(C(=O)OC(C)(C)C)C1. The number of carbonyl (C=O) groups excluding carboxylic acids is 1. The average molecular weight is 400 g/mol. The largest absolute Gasteiger partial charge is 0.496 e. The highest BCUT2D eigenvalue weighted by atomic mass is 79.9. The monoisotopic (exact) mass is 399 g/mol. The van der Waals surface area contributed by atoms with Crippen molar-refractivity contribution < 1.29 is 19.0 Å². The fraction of sp³-hybridized carbons (Fsp3) is 0.611. The number of esters is 1. The topological polar surface area (TPSA) is 56.8 Å². The third-order valence-corrected chi connectivity index (χ3v) is 4.48. The Morgan fingerprint density at radius 2 is 1.75 bits per heavy atom. The lowest BCUT2D eigenvalue weighted by atomic mass is 9.80. The van der Waals surface area contributed by atoms with Crippen LogP contribution in [-0.4, -0.2) is 31.8 Å². The highest BCUT2D eigenvalue weighted by Gasteiger charge is 2.37. The Kier molecular flexibility index (Phi) is 6.15. The molecular weight excluding hydrogens is 374 g/mol. The normalized spacial score (nSPS) is 20.2. The van der Waals surface area contributed by atoms with Crippen LogP contribution in [0.2, 0.25) is 0 Å². The molecular formula is C18H26BrNO4. The van der Waals surface area contributed by atoms with E-state index in [0.29, 0.717) is 12.6 Å². The number of nitrogens with one attached hydrogen (secondary N) is 1. The van der Waals surface area contributed by atoms with E-state index in [9.17, 15) is 4.79 Å². The van der Waals surface area contributed by atoms with E-state index in [1.165, 1.54) is 0 Å². The van der Waals surface area contributed by atoms with Gasteiger partial charge in [-0.15, -0.1) is 0 Å². The zero-order valence-corrected chi connectivity index (χ0v) is 16.5. The van der Waals surface area contributed by atoms with Crippen molar-refractivity contribution in [3.8, 4) is 11.5 Å². The van der Waals surface area contributed by atoms with Crippen molar-refractivity contribution in [2.45, 2.75) is 51.8 Å². The van der Waals surface area contributed by atoms with E-state index in [1.54, 1.807) is 14.2 Å². The molecule has 2 rings (SSSR count). The first kappa shape index (κ1) is 19.1. The molecule has 1 aromatic carbocycles. The third kappa shape index (κ3) is 4.86. The van der Waals surface area contributed by atoms with Gasteiger partial charge in [-0.05, 0) is 45.7 Å². The molecule has 0 atom stereocenters. The molecule has 0 aliphatic heterocycles. The van der Waals surface area contributed by atoms with E-state index in [4.69, 9.17) is 14.2 Å². The number of benzene rings is 1. The quantitative estimate of drug-likeness (QED) is 0.739. The highest BCUT2D eigenvalue weighted by molar-refractivity contribution is 9.10. The van der Waals surface area contributed by atoms with E-state index in [2.05, 4.69) is 21.2 Å². The molecule has 1 aromatic rings. The summed E-state index contributed by atoms with van der Waals surface area (Å²) >= 11 is 3.45. The molecule has 134 valence electrons. The summed E-state index contributed by atoms with van der Waals surface area (Å²) in [5.74, 6) is 1.45. The molecule has 0 unspecified atom stereocenters. The van der Waals surface area contributed by atoms with E-state index < -0.39 is 5.60 Å². The maximum atomic E-state index is 12.0. The minimum Gasteiger partial charge on any atom is -0.496 e. The predicted octanol–water partition coefficient (Wildman–Crippen LogP) is 3.68. The molecule has 6 heteroatoms. The van der Waals surface area contributed by atoms with Crippen LogP contribution < -0.4 is 14.8 Å². The number of hydrogen-bond donors (Lipinski definition) is 1. The Labute approximate surface area is 152 Å². The van der Waals surface area contributed by atoms with Crippen molar-refractivity contribution in [2.75, 3.05) is 14.2 Å². The Morgan fingerprint density at radius 1 is 1.21 bits per heavy atom. The van der Waals surface area contributed by atoms with Gasteiger partial charge in [0, 0.05) is 22.6 Å². The maximum Gasteiger partial charge on any atom is 0.309 e. The van der Waals surface area contributed by atoms with Gasteiger partial charge in [0.1, 0.15) is 17.1 Å². The molecule has 0 aromatic heterocycles. The predicted molar refractivity (Wildman–Crippen MR) is 96.4 cm³/mol. The van der Waals surface area contributed by atoms with E-state index in [0.717, 1.165) is 34.4 Å². The lowest BCUT2D eigenvalue weighted by Gasteiger charge is -2.36. The summed E-state index contributed by atoms with van der Waals surface area (Å²) in [6.45, 7) is 6.31. The Hall–Kier alpha value is -1.27. The Balaban J connectivity index is 1.89. The number of rotatable bonds is 6. The standard InChI is InChI=1S/C18H26BrNO4/c1-18(2,3)24-17(21)11-6-13(7-11)20-10-14-15(22-4)8-12(19)9-16(14)23-5/h8-9,11,13,20H,6-7,10H2,1-5H3. The molecule has 0 saturated heterocycles. The zero-order valence-electron chi connectivity index (χ0n) is 14.9. The maximum absolute atomic E-state index is 12.0. The molecule has 0 spiro atoms. The fourth-order valence-electron chi connectivity index (χ4n) is 2.73. The second kappa shape index (κ2) is 7.74. The lowest BCUT2D eigenvalue weighted by molar-refractivity contribution is -0.163. The van der Waals surface area contributed by atoms with Gasteiger partial charge < -0.3 is 19.5 Å². The average Bonchev–Trinajstić information content (AvgIpc) is 2.43. The van der Waals surface area contributed by atoms with Gasteiger partial charge in [0.05, 0.1) is 20.1 Å². The van der Waals surface area contributed by atoms with Gasteiger partial charge in [-0.2, -0.15) is 0 Å². The molecule has 0 amide bonds. The molecule has 24 heavy (non-hydrogen) atoms. The van der Waals surface area contributed by atoms with Crippen molar-refractivity contribution in [2.24, 2.45) is 5.92 Å². The number of carbonyl (C=O) groups is 1. The van der Waals surface area contributed by atoms with Crippen molar-refractivity contribution in [1.29, 1.82) is 0 Å². The van der Waals surface area contributed by atoms with E-state index in [1.807, 2.05) is 32.9 Å². The molecule has 1 N–H and O–H groups in total. The van der Waals surface area contributed by atoms with Crippen LogP contribution in [0.25, 0.3) is 0 Å².